The molecule has 0 unspecified atom stereocenters. The lowest BCUT2D eigenvalue weighted by Gasteiger charge is -2.08. The van der Waals surface area contributed by atoms with Crippen LogP contribution in [0.2, 0.25) is 5.15 Å². The molecule has 1 aromatic heterocycles. The molecule has 0 aliphatic rings. The molecular weight excluding hydrogens is 322 g/mol. The first-order valence-corrected chi connectivity index (χ1v) is 8.09. The summed E-state index contributed by atoms with van der Waals surface area (Å²) in [5, 5.41) is 7.64. The number of nitrogens with zero attached hydrogens (tertiary/aromatic N) is 2. The third-order valence-electron chi connectivity index (χ3n) is 3.93. The summed E-state index contributed by atoms with van der Waals surface area (Å²) < 4.78 is 1.58. The van der Waals surface area contributed by atoms with Crippen molar-refractivity contribution in [3.63, 3.8) is 0 Å². The Morgan fingerprint density at radius 2 is 1.75 bits per heavy atom. The third kappa shape index (κ3) is 3.19. The van der Waals surface area contributed by atoms with Crippen molar-refractivity contribution in [2.75, 3.05) is 0 Å². The third-order valence-corrected chi connectivity index (χ3v) is 4.28. The SMILES string of the molecule is Cc1ccccc1CNC(=O)c1c(C)nn(-c2ccccc2)c1Cl. The number of carbonyl (C=O) groups is 1. The van der Waals surface area contributed by atoms with E-state index in [1.165, 1.54) is 0 Å². The fourth-order valence-electron chi connectivity index (χ4n) is 2.57. The van der Waals surface area contributed by atoms with Crippen molar-refractivity contribution in [3.8, 4) is 5.69 Å². The molecule has 0 spiro atoms. The number of benzene rings is 2. The molecule has 1 heterocycles. The highest BCUT2D eigenvalue weighted by Gasteiger charge is 2.20. The number of halogens is 1. The highest BCUT2D eigenvalue weighted by atomic mass is 35.5. The number of carbonyl (C=O) groups excluding carboxylic acids is 1. The zero-order valence-electron chi connectivity index (χ0n) is 13.6. The molecule has 0 saturated heterocycles. The predicted molar refractivity (Wildman–Crippen MR) is 95.7 cm³/mol. The van der Waals surface area contributed by atoms with E-state index in [1.54, 1.807) is 11.6 Å². The van der Waals surface area contributed by atoms with Crippen LogP contribution in [0.4, 0.5) is 0 Å². The van der Waals surface area contributed by atoms with Gasteiger partial charge in [-0.3, -0.25) is 4.79 Å². The summed E-state index contributed by atoms with van der Waals surface area (Å²) >= 11 is 6.41. The minimum atomic E-state index is -0.220. The lowest BCUT2D eigenvalue weighted by atomic mass is 10.1. The Kier molecular flexibility index (Phi) is 4.67. The predicted octanol–water partition coefficient (Wildman–Crippen LogP) is 4.07. The van der Waals surface area contributed by atoms with E-state index in [0.717, 1.165) is 16.8 Å². The molecule has 24 heavy (non-hydrogen) atoms. The number of para-hydroxylation sites is 1. The standard InChI is InChI=1S/C19H18ClN3O/c1-13-8-6-7-9-15(13)12-21-19(24)17-14(2)22-23(18(17)20)16-10-4-3-5-11-16/h3-11H,12H2,1-2H3,(H,21,24). The van der Waals surface area contributed by atoms with Crippen molar-refractivity contribution >= 4 is 17.5 Å². The lowest BCUT2D eigenvalue weighted by Crippen LogP contribution is -2.23. The van der Waals surface area contributed by atoms with Crippen LogP contribution in [0.15, 0.2) is 54.6 Å². The second-order valence-corrected chi connectivity index (χ2v) is 5.97. The maximum absolute atomic E-state index is 12.6. The average Bonchev–Trinajstić information content (AvgIpc) is 2.89. The van der Waals surface area contributed by atoms with E-state index in [1.807, 2.05) is 61.5 Å². The van der Waals surface area contributed by atoms with Crippen molar-refractivity contribution in [1.82, 2.24) is 15.1 Å². The van der Waals surface area contributed by atoms with E-state index in [0.29, 0.717) is 23.0 Å². The first kappa shape index (κ1) is 16.3. The molecule has 0 aliphatic carbocycles. The van der Waals surface area contributed by atoms with Crippen molar-refractivity contribution in [1.29, 1.82) is 0 Å². The molecule has 3 aromatic rings. The molecule has 3 rings (SSSR count). The fourth-order valence-corrected chi connectivity index (χ4v) is 2.93. The summed E-state index contributed by atoms with van der Waals surface area (Å²) in [6.45, 7) is 4.26. The second kappa shape index (κ2) is 6.89. The number of rotatable bonds is 4. The molecule has 0 fully saturated rings. The Hall–Kier alpha value is -2.59. The van der Waals surface area contributed by atoms with Crippen molar-refractivity contribution in [2.45, 2.75) is 20.4 Å². The van der Waals surface area contributed by atoms with Gasteiger partial charge in [-0.05, 0) is 37.1 Å². The highest BCUT2D eigenvalue weighted by molar-refractivity contribution is 6.33. The van der Waals surface area contributed by atoms with Gasteiger partial charge >= 0.3 is 0 Å². The molecule has 1 N–H and O–H groups in total. The van der Waals surface area contributed by atoms with Gasteiger partial charge in [0, 0.05) is 6.54 Å². The number of hydrogen-bond donors (Lipinski definition) is 1. The summed E-state index contributed by atoms with van der Waals surface area (Å²) in [6, 6.07) is 17.5. The van der Waals surface area contributed by atoms with Crippen LogP contribution in [0.3, 0.4) is 0 Å². The number of amides is 1. The Balaban J connectivity index is 1.83. The van der Waals surface area contributed by atoms with Crippen LogP contribution in [-0.4, -0.2) is 15.7 Å². The lowest BCUT2D eigenvalue weighted by molar-refractivity contribution is 0.0950. The van der Waals surface area contributed by atoms with Crippen LogP contribution in [0.1, 0.15) is 27.2 Å². The quantitative estimate of drug-likeness (QED) is 0.778. The van der Waals surface area contributed by atoms with Gasteiger partial charge in [-0.1, -0.05) is 54.1 Å². The topological polar surface area (TPSA) is 46.9 Å². The van der Waals surface area contributed by atoms with E-state index in [2.05, 4.69) is 10.4 Å². The van der Waals surface area contributed by atoms with Crippen LogP contribution in [0, 0.1) is 13.8 Å². The van der Waals surface area contributed by atoms with Gasteiger partial charge in [0.05, 0.1) is 16.9 Å². The Morgan fingerprint density at radius 1 is 1.08 bits per heavy atom. The first-order valence-electron chi connectivity index (χ1n) is 7.71. The second-order valence-electron chi connectivity index (χ2n) is 5.61. The number of hydrogen-bond acceptors (Lipinski definition) is 2. The molecule has 0 saturated carbocycles. The Labute approximate surface area is 146 Å². The highest BCUT2D eigenvalue weighted by Crippen LogP contribution is 2.23. The van der Waals surface area contributed by atoms with Crippen LogP contribution < -0.4 is 5.32 Å². The molecule has 0 atom stereocenters. The van der Waals surface area contributed by atoms with Gasteiger partial charge in [0.1, 0.15) is 5.15 Å². The molecule has 2 aromatic carbocycles. The van der Waals surface area contributed by atoms with Crippen LogP contribution in [-0.2, 0) is 6.54 Å². The molecule has 0 radical (unpaired) electrons. The molecule has 122 valence electrons. The molecule has 0 aliphatic heterocycles. The zero-order chi connectivity index (χ0) is 17.1. The maximum atomic E-state index is 12.6. The minimum absolute atomic E-state index is 0.220. The van der Waals surface area contributed by atoms with Crippen LogP contribution >= 0.6 is 11.6 Å². The summed E-state index contributed by atoms with van der Waals surface area (Å²) in [6.07, 6.45) is 0. The van der Waals surface area contributed by atoms with Crippen LogP contribution in [0.5, 0.6) is 0 Å². The van der Waals surface area contributed by atoms with Crippen LogP contribution in [0.25, 0.3) is 5.69 Å². The molecule has 4 nitrogen and oxygen atoms in total. The summed E-state index contributed by atoms with van der Waals surface area (Å²) in [7, 11) is 0. The monoisotopic (exact) mass is 339 g/mol. The van der Waals surface area contributed by atoms with Gasteiger partial charge in [-0.25, -0.2) is 4.68 Å². The Morgan fingerprint density at radius 3 is 2.46 bits per heavy atom. The van der Waals surface area contributed by atoms with E-state index >= 15 is 0 Å². The Bertz CT molecular complexity index is 872. The van der Waals surface area contributed by atoms with Gasteiger partial charge in [0.25, 0.3) is 5.91 Å². The normalized spacial score (nSPS) is 10.6. The van der Waals surface area contributed by atoms with Crippen molar-refractivity contribution < 1.29 is 4.79 Å². The van der Waals surface area contributed by atoms with Gasteiger partial charge < -0.3 is 5.32 Å². The van der Waals surface area contributed by atoms with E-state index in [-0.39, 0.29) is 5.91 Å². The smallest absolute Gasteiger partial charge is 0.256 e. The van der Waals surface area contributed by atoms with Gasteiger partial charge in [0.15, 0.2) is 0 Å². The summed E-state index contributed by atoms with van der Waals surface area (Å²) in [5.74, 6) is -0.220. The number of aryl methyl sites for hydroxylation is 2. The van der Waals surface area contributed by atoms with E-state index in [4.69, 9.17) is 11.6 Å². The molecule has 1 amide bonds. The number of nitrogens with one attached hydrogen (secondary N) is 1. The van der Waals surface area contributed by atoms with Gasteiger partial charge in [0.2, 0.25) is 0 Å². The molecule has 5 heteroatoms. The minimum Gasteiger partial charge on any atom is -0.348 e. The van der Waals surface area contributed by atoms with E-state index < -0.39 is 0 Å². The van der Waals surface area contributed by atoms with Gasteiger partial charge in [-0.15, -0.1) is 0 Å². The summed E-state index contributed by atoms with van der Waals surface area (Å²) in [4.78, 5) is 12.6. The average molecular weight is 340 g/mol. The van der Waals surface area contributed by atoms with Crippen molar-refractivity contribution in [2.24, 2.45) is 0 Å². The fraction of sp³-hybridized carbons (Fsp3) is 0.158. The molecular formula is C19H18ClN3O. The zero-order valence-corrected chi connectivity index (χ0v) is 14.3. The largest absolute Gasteiger partial charge is 0.348 e. The van der Waals surface area contributed by atoms with E-state index in [9.17, 15) is 4.79 Å². The maximum Gasteiger partial charge on any atom is 0.256 e. The molecule has 0 bridgehead atoms. The van der Waals surface area contributed by atoms with Crippen molar-refractivity contribution in [3.05, 3.63) is 82.1 Å². The number of aromatic nitrogens is 2. The summed E-state index contributed by atoms with van der Waals surface area (Å²) in [5.41, 5.74) is 4.06. The first-order chi connectivity index (χ1) is 11.6. The van der Waals surface area contributed by atoms with Gasteiger partial charge in [-0.2, -0.15) is 5.10 Å².